The molecule has 3 aromatic rings. The van der Waals surface area contributed by atoms with E-state index in [0.717, 1.165) is 25.9 Å². The molecule has 3 N–H and O–H groups in total. The molecule has 0 bridgehead atoms. The highest BCUT2D eigenvalue weighted by molar-refractivity contribution is 5.93. The number of piperidine rings is 1. The maximum Gasteiger partial charge on any atom is 0.259 e. The topological polar surface area (TPSA) is 126 Å². The maximum absolute atomic E-state index is 12.9. The fourth-order valence-electron chi connectivity index (χ4n) is 4.20. The second-order valence-electron chi connectivity index (χ2n) is 8.43. The van der Waals surface area contributed by atoms with Gasteiger partial charge in [-0.2, -0.15) is 0 Å². The van der Waals surface area contributed by atoms with Crippen molar-refractivity contribution in [1.82, 2.24) is 14.9 Å². The Labute approximate surface area is 202 Å². The van der Waals surface area contributed by atoms with Gasteiger partial charge in [0, 0.05) is 37.3 Å². The Morgan fingerprint density at radius 1 is 1.11 bits per heavy atom. The molecule has 1 saturated heterocycles. The van der Waals surface area contributed by atoms with Gasteiger partial charge in [0.25, 0.3) is 5.56 Å². The zero-order chi connectivity index (χ0) is 24.9. The lowest BCUT2D eigenvalue weighted by molar-refractivity contribution is -0.116. The molecule has 1 fully saturated rings. The lowest BCUT2D eigenvalue weighted by atomic mass is 10.1. The molecule has 0 spiro atoms. The number of fused-ring (bicyclic) bond motifs is 1. The van der Waals surface area contributed by atoms with Crippen molar-refractivity contribution in [3.63, 3.8) is 0 Å². The molecule has 1 amide bonds. The van der Waals surface area contributed by atoms with Gasteiger partial charge in [0.2, 0.25) is 11.7 Å². The lowest BCUT2D eigenvalue weighted by Gasteiger charge is -2.29. The smallest absolute Gasteiger partial charge is 0.259 e. The van der Waals surface area contributed by atoms with Crippen molar-refractivity contribution in [2.75, 3.05) is 46.3 Å². The molecule has 10 nitrogen and oxygen atoms in total. The summed E-state index contributed by atoms with van der Waals surface area (Å²) in [6, 6.07) is 8.47. The number of hydrogen-bond donors (Lipinski definition) is 3. The number of anilines is 1. The average Bonchev–Trinajstić information content (AvgIpc) is 2.87. The number of amides is 1. The first kappa shape index (κ1) is 24.5. The fourth-order valence-corrected chi connectivity index (χ4v) is 4.20. The van der Waals surface area contributed by atoms with Crippen molar-refractivity contribution in [3.8, 4) is 28.6 Å². The molecular formula is C25H30N4O6. The molecular weight excluding hydrogens is 452 g/mol. The highest BCUT2D eigenvalue weighted by Crippen LogP contribution is 2.40. The summed E-state index contributed by atoms with van der Waals surface area (Å²) in [6.07, 6.45) is 1.57. The van der Waals surface area contributed by atoms with Crippen LogP contribution in [0.2, 0.25) is 0 Å². The fraction of sp³-hybridized carbons (Fsp3) is 0.400. The van der Waals surface area contributed by atoms with Crippen LogP contribution in [0.3, 0.4) is 0 Å². The normalized spacial score (nSPS) is 14.6. The zero-order valence-corrected chi connectivity index (χ0v) is 20.1. The van der Waals surface area contributed by atoms with Crippen molar-refractivity contribution in [2.24, 2.45) is 0 Å². The summed E-state index contributed by atoms with van der Waals surface area (Å²) in [5, 5.41) is 12.8. The molecule has 1 aliphatic rings. The number of hydrogen-bond acceptors (Lipinski definition) is 8. The van der Waals surface area contributed by atoms with Crippen LogP contribution in [0.5, 0.6) is 17.2 Å². The van der Waals surface area contributed by atoms with Gasteiger partial charge in [-0.1, -0.05) is 0 Å². The number of rotatable bonds is 8. The number of ether oxygens (including phenoxy) is 3. The second-order valence-corrected chi connectivity index (χ2v) is 8.43. The third-order valence-corrected chi connectivity index (χ3v) is 6.14. The Kier molecular flexibility index (Phi) is 7.52. The van der Waals surface area contributed by atoms with Gasteiger partial charge in [-0.25, -0.2) is 4.98 Å². The molecule has 4 rings (SSSR count). The minimum Gasteiger partial charge on any atom is -0.493 e. The minimum absolute atomic E-state index is 0.131. The van der Waals surface area contributed by atoms with E-state index in [1.807, 2.05) is 0 Å². The van der Waals surface area contributed by atoms with E-state index in [0.29, 0.717) is 58.2 Å². The number of aliphatic hydroxyl groups excluding tert-OH is 1. The number of carbonyl (C=O) groups excluding carboxylic acids is 1. The summed E-state index contributed by atoms with van der Waals surface area (Å²) in [7, 11) is 4.56. The molecule has 0 aliphatic carbocycles. The summed E-state index contributed by atoms with van der Waals surface area (Å²) in [5.41, 5.74) is 1.29. The Balaban J connectivity index is 1.52. The van der Waals surface area contributed by atoms with E-state index in [4.69, 9.17) is 14.2 Å². The first-order valence-corrected chi connectivity index (χ1v) is 11.5. The van der Waals surface area contributed by atoms with E-state index in [1.165, 1.54) is 21.3 Å². The summed E-state index contributed by atoms with van der Waals surface area (Å²) < 4.78 is 16.1. The number of methoxy groups -OCH3 is 3. The number of carbonyl (C=O) groups is 1. The standard InChI is InChI=1S/C25H30N4O6/c1-33-20-12-15(13-21(34-2)23(20)35-3)24-27-19-5-4-16(14-18(19)25(32)28-24)26-22(31)8-11-29-9-6-17(30)7-10-29/h4-5,12-14,17,30H,6-11H2,1-3H3,(H,26,31)(H,27,28,32). The van der Waals surface area contributed by atoms with Crippen molar-refractivity contribution in [2.45, 2.75) is 25.4 Å². The van der Waals surface area contributed by atoms with Crippen LogP contribution < -0.4 is 25.1 Å². The predicted molar refractivity (Wildman–Crippen MR) is 132 cm³/mol. The SMILES string of the molecule is COc1cc(-c2nc3ccc(NC(=O)CCN4CCC(O)CC4)cc3c(=O)[nH]2)cc(OC)c1OC. The first-order chi connectivity index (χ1) is 16.9. The van der Waals surface area contributed by atoms with E-state index in [9.17, 15) is 14.7 Å². The summed E-state index contributed by atoms with van der Waals surface area (Å²) in [5.74, 6) is 1.56. The predicted octanol–water partition coefficient (Wildman–Crippen LogP) is 2.40. The Morgan fingerprint density at radius 2 is 1.80 bits per heavy atom. The van der Waals surface area contributed by atoms with Gasteiger partial charge >= 0.3 is 0 Å². The third-order valence-electron chi connectivity index (χ3n) is 6.14. The van der Waals surface area contributed by atoms with Crippen molar-refractivity contribution >= 4 is 22.5 Å². The number of likely N-dealkylation sites (tertiary alicyclic amines) is 1. The lowest BCUT2D eigenvalue weighted by Crippen LogP contribution is -2.37. The van der Waals surface area contributed by atoms with Gasteiger partial charge in [0.15, 0.2) is 11.5 Å². The van der Waals surface area contributed by atoms with Gasteiger partial charge in [-0.3, -0.25) is 9.59 Å². The van der Waals surface area contributed by atoms with E-state index in [-0.39, 0.29) is 17.6 Å². The van der Waals surface area contributed by atoms with Crippen LogP contribution in [0.1, 0.15) is 19.3 Å². The Bertz CT molecular complexity index is 1240. The van der Waals surface area contributed by atoms with Crippen molar-refractivity contribution in [1.29, 1.82) is 0 Å². The van der Waals surface area contributed by atoms with Crippen molar-refractivity contribution < 1.29 is 24.1 Å². The zero-order valence-electron chi connectivity index (χ0n) is 20.1. The van der Waals surface area contributed by atoms with Crippen LogP contribution in [-0.2, 0) is 4.79 Å². The summed E-state index contributed by atoms with van der Waals surface area (Å²) in [4.78, 5) is 34.9. The molecule has 186 valence electrons. The number of nitrogens with zero attached hydrogens (tertiary/aromatic N) is 2. The molecule has 35 heavy (non-hydrogen) atoms. The molecule has 2 aromatic carbocycles. The number of aromatic amines is 1. The Hall–Kier alpha value is -3.63. The van der Waals surface area contributed by atoms with Gasteiger partial charge in [0.05, 0.1) is 38.3 Å². The molecule has 0 atom stereocenters. The van der Waals surface area contributed by atoms with Crippen LogP contribution in [0.4, 0.5) is 5.69 Å². The summed E-state index contributed by atoms with van der Waals surface area (Å²) >= 11 is 0. The van der Waals surface area contributed by atoms with Gasteiger partial charge in [-0.15, -0.1) is 0 Å². The van der Waals surface area contributed by atoms with Gasteiger partial charge in [0.1, 0.15) is 5.82 Å². The monoisotopic (exact) mass is 482 g/mol. The van der Waals surface area contributed by atoms with Crippen LogP contribution in [0, 0.1) is 0 Å². The quantitative estimate of drug-likeness (QED) is 0.447. The number of H-pyrrole nitrogens is 1. The minimum atomic E-state index is -0.332. The Morgan fingerprint density at radius 3 is 2.43 bits per heavy atom. The molecule has 1 aliphatic heterocycles. The van der Waals surface area contributed by atoms with Crippen molar-refractivity contribution in [3.05, 3.63) is 40.7 Å². The third kappa shape index (κ3) is 5.55. The summed E-state index contributed by atoms with van der Waals surface area (Å²) in [6.45, 7) is 2.21. The molecule has 0 unspecified atom stereocenters. The van der Waals surface area contributed by atoms with E-state index in [1.54, 1.807) is 30.3 Å². The van der Waals surface area contributed by atoms with Crippen LogP contribution in [-0.4, -0.2) is 72.9 Å². The van der Waals surface area contributed by atoms with Crippen LogP contribution in [0.25, 0.3) is 22.3 Å². The van der Waals surface area contributed by atoms with E-state index >= 15 is 0 Å². The molecule has 1 aromatic heterocycles. The van der Waals surface area contributed by atoms with Crippen LogP contribution >= 0.6 is 0 Å². The van der Waals surface area contributed by atoms with Gasteiger partial charge < -0.3 is 34.5 Å². The molecule has 10 heteroatoms. The number of benzene rings is 2. The number of nitrogens with one attached hydrogen (secondary N) is 2. The second kappa shape index (κ2) is 10.7. The first-order valence-electron chi connectivity index (χ1n) is 11.5. The molecule has 0 saturated carbocycles. The number of aliphatic hydroxyl groups is 1. The molecule has 0 radical (unpaired) electrons. The average molecular weight is 483 g/mol. The van der Waals surface area contributed by atoms with Crippen LogP contribution in [0.15, 0.2) is 35.1 Å². The highest BCUT2D eigenvalue weighted by Gasteiger charge is 2.18. The highest BCUT2D eigenvalue weighted by atomic mass is 16.5. The van der Waals surface area contributed by atoms with E-state index < -0.39 is 0 Å². The van der Waals surface area contributed by atoms with Gasteiger partial charge in [-0.05, 0) is 43.2 Å². The maximum atomic E-state index is 12.9. The largest absolute Gasteiger partial charge is 0.493 e. The number of aromatic nitrogens is 2. The van der Waals surface area contributed by atoms with E-state index in [2.05, 4.69) is 20.2 Å². The molecule has 2 heterocycles.